The third-order valence-corrected chi connectivity index (χ3v) is 5.50. The predicted molar refractivity (Wildman–Crippen MR) is 101 cm³/mol. The minimum Gasteiger partial charge on any atom is -0.396 e. The van der Waals surface area contributed by atoms with Gasteiger partial charge in [-0.1, -0.05) is 24.3 Å². The molecule has 1 aliphatic heterocycles. The minimum atomic E-state index is -4.41. The van der Waals surface area contributed by atoms with Crippen molar-refractivity contribution in [3.05, 3.63) is 47.3 Å². The number of halogens is 3. The number of piperidine rings is 1. The number of benzene rings is 1. The number of aromatic nitrogens is 3. The largest absolute Gasteiger partial charge is 0.416 e. The van der Waals surface area contributed by atoms with Crippen molar-refractivity contribution in [1.82, 2.24) is 20.3 Å². The van der Waals surface area contributed by atoms with Crippen LogP contribution >= 0.6 is 0 Å². The lowest BCUT2D eigenvalue weighted by Crippen LogP contribution is -2.47. The van der Waals surface area contributed by atoms with Crippen molar-refractivity contribution >= 4 is 0 Å². The molecule has 0 saturated carbocycles. The first-order chi connectivity index (χ1) is 13.6. The summed E-state index contributed by atoms with van der Waals surface area (Å²) in [6, 6.07) is 4.40. The van der Waals surface area contributed by atoms with Crippen LogP contribution in [0, 0.1) is 5.92 Å². The maximum Gasteiger partial charge on any atom is 0.416 e. The molecule has 160 valence electrons. The van der Waals surface area contributed by atoms with E-state index in [-0.39, 0.29) is 31.0 Å². The summed E-state index contributed by atoms with van der Waals surface area (Å²) in [5.41, 5.74) is -0.843. The molecular formula is C20H27F3N4O2. The number of hydrogen-bond acceptors (Lipinski definition) is 5. The first-order valence-corrected chi connectivity index (χ1v) is 9.78. The lowest BCUT2D eigenvalue weighted by atomic mass is 9.78. The third kappa shape index (κ3) is 5.15. The Bertz CT molecular complexity index is 809. The molecule has 2 heterocycles. The van der Waals surface area contributed by atoms with E-state index in [1.165, 1.54) is 12.1 Å². The summed E-state index contributed by atoms with van der Waals surface area (Å²) in [7, 11) is 0. The van der Waals surface area contributed by atoms with E-state index in [2.05, 4.69) is 15.6 Å². The SMILES string of the molecule is C[C@H](CO)CCn1cc([C@@H]2CC(O)(c3ccc(C(F)(F)F)cc3)C[C@H](C)N2)nn1. The smallest absolute Gasteiger partial charge is 0.396 e. The van der Waals surface area contributed by atoms with Crippen LogP contribution < -0.4 is 5.32 Å². The molecule has 0 amide bonds. The van der Waals surface area contributed by atoms with E-state index in [9.17, 15) is 18.3 Å². The lowest BCUT2D eigenvalue weighted by Gasteiger charge is -2.40. The zero-order valence-corrected chi connectivity index (χ0v) is 16.5. The second-order valence-corrected chi connectivity index (χ2v) is 8.12. The number of hydrogen-bond donors (Lipinski definition) is 3. The summed E-state index contributed by atoms with van der Waals surface area (Å²) in [6.07, 6.45) is -1.15. The number of aliphatic hydroxyl groups is 2. The van der Waals surface area contributed by atoms with Crippen LogP contribution in [-0.4, -0.2) is 37.9 Å². The van der Waals surface area contributed by atoms with Gasteiger partial charge in [0.1, 0.15) is 0 Å². The van der Waals surface area contributed by atoms with Gasteiger partial charge in [-0.05, 0) is 43.4 Å². The topological polar surface area (TPSA) is 83.2 Å². The van der Waals surface area contributed by atoms with Crippen LogP contribution in [0.4, 0.5) is 13.2 Å². The molecule has 29 heavy (non-hydrogen) atoms. The number of nitrogens with zero attached hydrogens (tertiary/aromatic N) is 3. The Morgan fingerprint density at radius 2 is 1.97 bits per heavy atom. The van der Waals surface area contributed by atoms with Crippen molar-refractivity contribution in [3.63, 3.8) is 0 Å². The van der Waals surface area contributed by atoms with Crippen LogP contribution in [0.1, 0.15) is 56.0 Å². The second-order valence-electron chi connectivity index (χ2n) is 8.12. The zero-order valence-electron chi connectivity index (χ0n) is 16.5. The van der Waals surface area contributed by atoms with Gasteiger partial charge in [0.25, 0.3) is 0 Å². The highest BCUT2D eigenvalue weighted by Gasteiger charge is 2.41. The van der Waals surface area contributed by atoms with Gasteiger partial charge in [0.15, 0.2) is 0 Å². The maximum absolute atomic E-state index is 12.8. The molecule has 4 atom stereocenters. The van der Waals surface area contributed by atoms with Crippen LogP contribution in [0.5, 0.6) is 0 Å². The highest BCUT2D eigenvalue weighted by Crippen LogP contribution is 2.40. The Hall–Kier alpha value is -1.97. The van der Waals surface area contributed by atoms with Gasteiger partial charge in [-0.2, -0.15) is 13.2 Å². The van der Waals surface area contributed by atoms with Gasteiger partial charge in [-0.15, -0.1) is 5.10 Å². The lowest BCUT2D eigenvalue weighted by molar-refractivity contribution is -0.137. The Morgan fingerprint density at radius 1 is 1.28 bits per heavy atom. The molecule has 9 heteroatoms. The molecule has 1 aromatic heterocycles. The highest BCUT2D eigenvalue weighted by atomic mass is 19.4. The van der Waals surface area contributed by atoms with Crippen molar-refractivity contribution in [2.45, 2.75) is 63.5 Å². The zero-order chi connectivity index (χ0) is 21.2. The minimum absolute atomic E-state index is 0.0550. The predicted octanol–water partition coefficient (Wildman–Crippen LogP) is 3.02. The van der Waals surface area contributed by atoms with Crippen molar-refractivity contribution in [2.75, 3.05) is 6.61 Å². The van der Waals surface area contributed by atoms with E-state index in [0.29, 0.717) is 24.2 Å². The normalized spacial score (nSPS) is 26.4. The Balaban J connectivity index is 1.75. The molecule has 0 spiro atoms. The monoisotopic (exact) mass is 412 g/mol. The van der Waals surface area contributed by atoms with Gasteiger partial charge in [-0.25, -0.2) is 0 Å². The number of aliphatic hydroxyl groups excluding tert-OH is 1. The molecule has 1 fully saturated rings. The Morgan fingerprint density at radius 3 is 2.59 bits per heavy atom. The average Bonchev–Trinajstić information content (AvgIpc) is 3.14. The van der Waals surface area contributed by atoms with Gasteiger partial charge in [0.2, 0.25) is 0 Å². The molecule has 1 saturated heterocycles. The average molecular weight is 412 g/mol. The molecule has 0 bridgehead atoms. The Kier molecular flexibility index (Phi) is 6.30. The van der Waals surface area contributed by atoms with Crippen LogP contribution in [0.3, 0.4) is 0 Å². The summed E-state index contributed by atoms with van der Waals surface area (Å²) >= 11 is 0. The molecule has 0 aliphatic carbocycles. The van der Waals surface area contributed by atoms with Gasteiger partial charge >= 0.3 is 6.18 Å². The number of aryl methyl sites for hydroxylation is 1. The van der Waals surface area contributed by atoms with Crippen molar-refractivity contribution in [1.29, 1.82) is 0 Å². The van der Waals surface area contributed by atoms with Crippen molar-refractivity contribution in [3.8, 4) is 0 Å². The van der Waals surface area contributed by atoms with Gasteiger partial charge in [0.05, 0.1) is 29.1 Å². The van der Waals surface area contributed by atoms with Gasteiger partial charge in [0, 0.05) is 25.6 Å². The standard InChI is InChI=1S/C20H27F3N4O2/c1-13(12-28)7-8-27-11-18(25-26-27)17-10-19(29,9-14(2)24-17)15-3-5-16(6-4-15)20(21,22)23/h3-6,11,13-14,17,24,28-29H,7-10,12H2,1-2H3/t13-,14-,17-,19?/m0/s1. The van der Waals surface area contributed by atoms with E-state index in [4.69, 9.17) is 5.11 Å². The van der Waals surface area contributed by atoms with E-state index in [1.807, 2.05) is 20.0 Å². The summed E-state index contributed by atoms with van der Waals surface area (Å²) in [6.45, 7) is 4.62. The molecule has 3 rings (SSSR count). The third-order valence-electron chi connectivity index (χ3n) is 5.50. The fourth-order valence-corrected chi connectivity index (χ4v) is 3.81. The van der Waals surface area contributed by atoms with Crippen LogP contribution in [0.15, 0.2) is 30.5 Å². The summed E-state index contributed by atoms with van der Waals surface area (Å²) in [4.78, 5) is 0. The van der Waals surface area contributed by atoms with E-state index in [0.717, 1.165) is 18.6 Å². The number of alkyl halides is 3. The second kappa shape index (κ2) is 8.41. The molecule has 1 aliphatic rings. The van der Waals surface area contributed by atoms with Crippen LogP contribution in [0.25, 0.3) is 0 Å². The first kappa shape index (κ1) is 21.7. The number of rotatable bonds is 6. The fourth-order valence-electron chi connectivity index (χ4n) is 3.81. The highest BCUT2D eigenvalue weighted by molar-refractivity contribution is 5.30. The molecule has 1 unspecified atom stereocenters. The maximum atomic E-state index is 12.8. The molecule has 6 nitrogen and oxygen atoms in total. The van der Waals surface area contributed by atoms with Crippen molar-refractivity contribution in [2.24, 2.45) is 5.92 Å². The number of nitrogens with one attached hydrogen (secondary N) is 1. The molecule has 2 aromatic rings. The first-order valence-electron chi connectivity index (χ1n) is 9.78. The fraction of sp³-hybridized carbons (Fsp3) is 0.600. The quantitative estimate of drug-likeness (QED) is 0.679. The molecular weight excluding hydrogens is 385 g/mol. The summed E-state index contributed by atoms with van der Waals surface area (Å²) in [5, 5.41) is 32.1. The Labute approximate surface area is 167 Å². The van der Waals surface area contributed by atoms with Gasteiger partial charge in [-0.3, -0.25) is 4.68 Å². The molecule has 3 N–H and O–H groups in total. The van der Waals surface area contributed by atoms with E-state index >= 15 is 0 Å². The van der Waals surface area contributed by atoms with E-state index in [1.54, 1.807) is 4.68 Å². The molecule has 0 radical (unpaired) electrons. The van der Waals surface area contributed by atoms with Crippen molar-refractivity contribution < 1.29 is 23.4 Å². The van der Waals surface area contributed by atoms with E-state index < -0.39 is 17.3 Å². The summed E-state index contributed by atoms with van der Waals surface area (Å²) in [5.74, 6) is 0.167. The van der Waals surface area contributed by atoms with Crippen LogP contribution in [0.2, 0.25) is 0 Å². The summed E-state index contributed by atoms with van der Waals surface area (Å²) < 4.78 is 40.2. The van der Waals surface area contributed by atoms with Crippen LogP contribution in [-0.2, 0) is 18.3 Å². The van der Waals surface area contributed by atoms with Gasteiger partial charge < -0.3 is 15.5 Å². The molecule has 1 aromatic carbocycles.